The molecule has 9 heavy (non-hydrogen) atoms. The fourth-order valence-electron chi connectivity index (χ4n) is 0.349. The van der Waals surface area contributed by atoms with Gasteiger partial charge < -0.3 is 4.90 Å². The monoisotopic (exact) mass is 260 g/mol. The Morgan fingerprint density at radius 3 is 2.22 bits per heavy atom. The second-order valence-electron chi connectivity index (χ2n) is 2.06. The zero-order valence-electron chi connectivity index (χ0n) is 6.09. The van der Waals surface area contributed by atoms with Crippen LogP contribution in [0.5, 0.6) is 0 Å². The maximum atomic E-state index is 2.27. The van der Waals surface area contributed by atoms with Crippen molar-refractivity contribution in [3.63, 3.8) is 0 Å². The Bertz CT molecular complexity index is 60.0. The highest BCUT2D eigenvalue weighted by Crippen LogP contribution is 2.10. The highest BCUT2D eigenvalue weighted by atomic mass is 127. The summed E-state index contributed by atoms with van der Waals surface area (Å²) in [6, 6.07) is 0. The van der Waals surface area contributed by atoms with E-state index in [1.807, 2.05) is 11.9 Å². The summed E-state index contributed by atoms with van der Waals surface area (Å²) in [5.41, 5.74) is 0. The topological polar surface area (TPSA) is 6.48 Å². The SMILES string of the molecule is CN(C)CCSN(C)I. The largest absolute Gasteiger partial charge is 0.309 e. The van der Waals surface area contributed by atoms with Crippen LogP contribution in [0.1, 0.15) is 0 Å². The van der Waals surface area contributed by atoms with Gasteiger partial charge in [0.15, 0.2) is 0 Å². The fourth-order valence-corrected chi connectivity index (χ4v) is 1.64. The molecule has 0 aromatic rings. The smallest absolute Gasteiger partial charge is 0.0316 e. The first-order valence-corrected chi connectivity index (χ1v) is 4.71. The van der Waals surface area contributed by atoms with E-state index in [1.165, 1.54) is 5.75 Å². The normalized spacial score (nSPS) is 11.3. The molecule has 0 aromatic carbocycles. The number of rotatable bonds is 4. The van der Waals surface area contributed by atoms with Gasteiger partial charge in [0, 0.05) is 42.2 Å². The molecule has 4 heteroatoms. The van der Waals surface area contributed by atoms with Crippen LogP contribution in [0.15, 0.2) is 0 Å². The zero-order valence-corrected chi connectivity index (χ0v) is 9.07. The fraction of sp³-hybridized carbons (Fsp3) is 1.00. The van der Waals surface area contributed by atoms with Gasteiger partial charge in [-0.15, -0.1) is 0 Å². The number of hydrogen-bond donors (Lipinski definition) is 0. The first-order valence-electron chi connectivity index (χ1n) is 2.80. The van der Waals surface area contributed by atoms with Crippen LogP contribution in [0.2, 0.25) is 0 Å². The summed E-state index contributed by atoms with van der Waals surface area (Å²) in [5, 5.41) is 0. The Hall–Kier alpha value is 1.00. The molecule has 0 amide bonds. The predicted molar refractivity (Wildman–Crippen MR) is 52.8 cm³/mol. The van der Waals surface area contributed by atoms with Crippen LogP contribution in [0, 0.1) is 0 Å². The lowest BCUT2D eigenvalue weighted by Gasteiger charge is -2.10. The molecule has 0 fully saturated rings. The van der Waals surface area contributed by atoms with Gasteiger partial charge >= 0.3 is 0 Å². The van der Waals surface area contributed by atoms with Gasteiger partial charge in [-0.3, -0.25) is 0 Å². The van der Waals surface area contributed by atoms with E-state index >= 15 is 0 Å². The Morgan fingerprint density at radius 1 is 1.33 bits per heavy atom. The van der Waals surface area contributed by atoms with E-state index in [4.69, 9.17) is 0 Å². The average molecular weight is 260 g/mol. The van der Waals surface area contributed by atoms with Crippen LogP contribution < -0.4 is 0 Å². The first-order chi connectivity index (χ1) is 4.13. The molecule has 0 aromatic heterocycles. The number of nitrogens with zero attached hydrogens (tertiary/aromatic N) is 2. The van der Waals surface area contributed by atoms with Crippen molar-refractivity contribution < 1.29 is 0 Å². The van der Waals surface area contributed by atoms with Crippen molar-refractivity contribution in [3.05, 3.63) is 0 Å². The summed E-state index contributed by atoms with van der Waals surface area (Å²) in [5.74, 6) is 1.17. The lowest BCUT2D eigenvalue weighted by atomic mass is 10.7. The third kappa shape index (κ3) is 9.00. The molecule has 56 valence electrons. The van der Waals surface area contributed by atoms with Gasteiger partial charge in [-0.25, -0.2) is 0 Å². The van der Waals surface area contributed by atoms with Crippen LogP contribution in [0.4, 0.5) is 0 Å². The van der Waals surface area contributed by atoms with E-state index in [9.17, 15) is 0 Å². The van der Waals surface area contributed by atoms with Crippen LogP contribution in [-0.4, -0.2) is 40.9 Å². The molecule has 0 rings (SSSR count). The summed E-state index contributed by atoms with van der Waals surface area (Å²) in [6.45, 7) is 1.15. The molecular formula is C5H13IN2S. The van der Waals surface area contributed by atoms with Crippen LogP contribution >= 0.6 is 34.8 Å². The molecule has 2 nitrogen and oxygen atoms in total. The van der Waals surface area contributed by atoms with E-state index < -0.39 is 0 Å². The molecule has 0 N–H and O–H groups in total. The second kappa shape index (κ2) is 5.76. The quantitative estimate of drug-likeness (QED) is 0.429. The highest BCUT2D eigenvalue weighted by molar-refractivity contribution is 14.1. The van der Waals surface area contributed by atoms with Gasteiger partial charge in [0.2, 0.25) is 0 Å². The van der Waals surface area contributed by atoms with E-state index in [0.717, 1.165) is 6.54 Å². The minimum Gasteiger partial charge on any atom is -0.309 e. The van der Waals surface area contributed by atoms with Gasteiger partial charge in [-0.1, -0.05) is 11.9 Å². The maximum Gasteiger partial charge on any atom is 0.0316 e. The van der Waals surface area contributed by atoms with Crippen LogP contribution in [-0.2, 0) is 0 Å². The Balaban J connectivity index is 2.91. The molecule has 0 aliphatic rings. The number of halogens is 1. The van der Waals surface area contributed by atoms with E-state index in [-0.39, 0.29) is 0 Å². The molecule has 0 radical (unpaired) electrons. The molecule has 0 saturated carbocycles. The summed E-state index contributed by atoms with van der Waals surface area (Å²) in [7, 11) is 6.24. The highest BCUT2D eigenvalue weighted by Gasteiger charge is 1.92. The lowest BCUT2D eigenvalue weighted by molar-refractivity contribution is 0.437. The predicted octanol–water partition coefficient (Wildman–Crippen LogP) is 1.48. The number of hydrogen-bond acceptors (Lipinski definition) is 3. The minimum absolute atomic E-state index is 1.15. The maximum absolute atomic E-state index is 2.27. The molecular weight excluding hydrogens is 247 g/mol. The van der Waals surface area contributed by atoms with Gasteiger partial charge in [-0.05, 0) is 14.1 Å². The van der Waals surface area contributed by atoms with E-state index in [0.29, 0.717) is 0 Å². The second-order valence-corrected chi connectivity index (χ2v) is 5.37. The molecule has 0 aliphatic heterocycles. The summed E-state index contributed by atoms with van der Waals surface area (Å²) >= 11 is 4.10. The van der Waals surface area contributed by atoms with Gasteiger partial charge in [-0.2, -0.15) is 2.52 Å². The van der Waals surface area contributed by atoms with Crippen molar-refractivity contribution in [1.29, 1.82) is 0 Å². The van der Waals surface area contributed by atoms with Crippen molar-refractivity contribution >= 4 is 34.8 Å². The summed E-state index contributed by atoms with van der Waals surface area (Å²) < 4.78 is 2.10. The average Bonchev–Trinajstić information content (AvgIpc) is 1.63. The van der Waals surface area contributed by atoms with Gasteiger partial charge in [0.1, 0.15) is 0 Å². The van der Waals surface area contributed by atoms with Gasteiger partial charge in [0.25, 0.3) is 0 Å². The zero-order chi connectivity index (χ0) is 7.28. The van der Waals surface area contributed by atoms with E-state index in [1.54, 1.807) is 0 Å². The van der Waals surface area contributed by atoms with Gasteiger partial charge in [0.05, 0.1) is 0 Å². The molecule has 0 bridgehead atoms. The summed E-state index contributed by atoms with van der Waals surface area (Å²) in [4.78, 5) is 2.19. The molecule has 0 aliphatic carbocycles. The van der Waals surface area contributed by atoms with Crippen LogP contribution in [0.25, 0.3) is 0 Å². The molecule has 0 spiro atoms. The molecule has 0 atom stereocenters. The minimum atomic E-state index is 1.15. The van der Waals surface area contributed by atoms with Crippen molar-refractivity contribution in [2.24, 2.45) is 0 Å². The lowest BCUT2D eigenvalue weighted by Crippen LogP contribution is -2.15. The Kier molecular flexibility index (Phi) is 6.40. The van der Waals surface area contributed by atoms with Crippen molar-refractivity contribution in [2.45, 2.75) is 0 Å². The molecule has 0 heterocycles. The third-order valence-corrected chi connectivity index (χ3v) is 2.36. The summed E-state index contributed by atoms with van der Waals surface area (Å²) in [6.07, 6.45) is 0. The van der Waals surface area contributed by atoms with Crippen molar-refractivity contribution in [1.82, 2.24) is 7.42 Å². The van der Waals surface area contributed by atoms with E-state index in [2.05, 4.69) is 51.4 Å². The first kappa shape index (κ1) is 10.0. The van der Waals surface area contributed by atoms with Crippen LogP contribution in [0.3, 0.4) is 0 Å². The van der Waals surface area contributed by atoms with Crippen molar-refractivity contribution in [3.8, 4) is 0 Å². The Morgan fingerprint density at radius 2 is 1.89 bits per heavy atom. The standard InChI is InChI=1S/C5H13IN2S/c1-7(2)4-5-9-8(3)6/h4-5H2,1-3H3. The third-order valence-electron chi connectivity index (χ3n) is 0.808. The molecule has 0 unspecified atom stereocenters. The van der Waals surface area contributed by atoms with Crippen molar-refractivity contribution in [2.75, 3.05) is 33.4 Å². The Labute approximate surface area is 75.6 Å². The molecule has 0 saturated heterocycles.